The third-order valence-electron chi connectivity index (χ3n) is 21.6. The third kappa shape index (κ3) is 56.5. The highest BCUT2D eigenvalue weighted by atomic mass is 16.7. The molecule has 3 aliphatic rings. The molecule has 0 saturated carbocycles. The van der Waals surface area contributed by atoms with E-state index in [-0.39, 0.29) is 184 Å². The minimum absolute atomic E-state index is 0.00471. The summed E-state index contributed by atoms with van der Waals surface area (Å²) >= 11 is 0. The van der Waals surface area contributed by atoms with Gasteiger partial charge in [0, 0.05) is 194 Å². The molecule has 48 nitrogen and oxygen atoms in total. The summed E-state index contributed by atoms with van der Waals surface area (Å²) < 4.78 is 102. The molecule has 10 amide bonds. The molecule has 3 heterocycles. The number of ether oxygens (including phenoxy) is 18. The van der Waals surface area contributed by atoms with Crippen LogP contribution >= 0.6 is 0 Å². The van der Waals surface area contributed by atoms with E-state index < -0.39 is 189 Å². The maximum atomic E-state index is 14.1. The molecule has 802 valence electrons. The van der Waals surface area contributed by atoms with E-state index in [9.17, 15) is 95.9 Å². The van der Waals surface area contributed by atoms with Crippen LogP contribution < -0.4 is 53.2 Å². The fourth-order valence-corrected chi connectivity index (χ4v) is 15.2. The molecule has 0 aromatic carbocycles. The van der Waals surface area contributed by atoms with Crippen molar-refractivity contribution in [3.05, 3.63) is 0 Å². The number of amides is 10. The number of carbonyl (C=O) groups is 20. The van der Waals surface area contributed by atoms with Gasteiger partial charge in [-0.15, -0.1) is 0 Å². The molecule has 0 aliphatic carbocycles. The normalized spacial score (nSPS) is 21.1. The SMILES string of the molecule is COC(=O)CCCCCCCCCCC(=O)NC(CCCCC(=O)NCCCNC(=O)CCCCO[C@@H]1OC(COC(C)=O)[C@H](OC(C)=O)[C@H](OC(C)=O)C1NC(C)=O)(COCCC(=O)NCCCNC(=O)CCCCO[C@@H]1OC(COC(C)=O)[C@H](OC(C)=O)[C@H](OC(C)=O)C1NC(C)=O)COCCC(=O)NCCCNC(=O)CCCCO[C@@H]1OC(COC(C)=O)[C@H](OC(C)=O)[C@H](OC(C)=O)C1NC(C)=O. The molecule has 3 aliphatic heterocycles. The van der Waals surface area contributed by atoms with E-state index >= 15 is 0 Å². The number of carbonyl (C=O) groups excluding carboxylic acids is 20. The quantitative estimate of drug-likeness (QED) is 0.0235. The molecule has 15 atom stereocenters. The van der Waals surface area contributed by atoms with E-state index in [1.807, 2.05) is 0 Å². The van der Waals surface area contributed by atoms with Crippen molar-refractivity contribution >= 4 is 119 Å². The summed E-state index contributed by atoms with van der Waals surface area (Å²) in [7, 11) is 1.35. The first-order valence-corrected chi connectivity index (χ1v) is 48.3. The Labute approximate surface area is 822 Å². The molecule has 6 unspecified atom stereocenters. The number of rotatable bonds is 72. The Balaban J connectivity index is 1.68. The van der Waals surface area contributed by atoms with Crippen LogP contribution in [-0.2, 0) is 181 Å². The lowest BCUT2D eigenvalue weighted by Crippen LogP contribution is -2.66. The minimum Gasteiger partial charge on any atom is -0.469 e. The zero-order valence-electron chi connectivity index (χ0n) is 83.8. The molecule has 10 N–H and O–H groups in total. The van der Waals surface area contributed by atoms with Gasteiger partial charge < -0.3 is 138 Å². The lowest BCUT2D eigenvalue weighted by molar-refractivity contribution is -0.277. The third-order valence-corrected chi connectivity index (χ3v) is 21.6. The second-order valence-corrected chi connectivity index (χ2v) is 34.3. The van der Waals surface area contributed by atoms with Crippen LogP contribution in [0, 0.1) is 0 Å². The van der Waals surface area contributed by atoms with Crippen LogP contribution in [0.1, 0.15) is 263 Å². The van der Waals surface area contributed by atoms with Crippen LogP contribution in [0.5, 0.6) is 0 Å². The molecular formula is C93H152N10O38. The van der Waals surface area contributed by atoms with Crippen LogP contribution in [0.3, 0.4) is 0 Å². The fourth-order valence-electron chi connectivity index (χ4n) is 15.2. The highest BCUT2D eigenvalue weighted by molar-refractivity contribution is 5.80. The Morgan fingerprint density at radius 2 is 0.511 bits per heavy atom. The molecule has 3 saturated heterocycles. The van der Waals surface area contributed by atoms with Crippen molar-refractivity contribution in [3.63, 3.8) is 0 Å². The number of unbranched alkanes of at least 4 members (excludes halogenated alkanes) is 11. The van der Waals surface area contributed by atoms with Crippen molar-refractivity contribution in [1.82, 2.24) is 53.2 Å². The van der Waals surface area contributed by atoms with Gasteiger partial charge >= 0.3 is 59.7 Å². The zero-order chi connectivity index (χ0) is 105. The number of methoxy groups -OCH3 is 1. The first-order chi connectivity index (χ1) is 67.1. The van der Waals surface area contributed by atoms with Crippen molar-refractivity contribution < 1.29 is 181 Å². The average Bonchev–Trinajstić information content (AvgIpc) is 0.793. The highest BCUT2D eigenvalue weighted by Gasteiger charge is 2.55. The second kappa shape index (κ2) is 71.5. The maximum Gasteiger partial charge on any atom is 0.305 e. The lowest BCUT2D eigenvalue weighted by atomic mass is 9.92. The average molecular weight is 2020 g/mol. The first kappa shape index (κ1) is 124. The zero-order valence-corrected chi connectivity index (χ0v) is 83.8. The van der Waals surface area contributed by atoms with Crippen LogP contribution in [0.15, 0.2) is 0 Å². The van der Waals surface area contributed by atoms with E-state index in [4.69, 9.17) is 85.3 Å². The maximum absolute atomic E-state index is 14.1. The lowest BCUT2D eigenvalue weighted by Gasteiger charge is -2.44. The largest absolute Gasteiger partial charge is 0.469 e. The summed E-state index contributed by atoms with van der Waals surface area (Å²) in [5.74, 6) is -10.8. The van der Waals surface area contributed by atoms with Gasteiger partial charge in [0.2, 0.25) is 59.1 Å². The predicted octanol–water partition coefficient (Wildman–Crippen LogP) is 1.69. The number of esters is 10. The predicted molar refractivity (Wildman–Crippen MR) is 492 cm³/mol. The smallest absolute Gasteiger partial charge is 0.305 e. The van der Waals surface area contributed by atoms with Gasteiger partial charge in [-0.1, -0.05) is 44.9 Å². The monoisotopic (exact) mass is 2020 g/mol. The van der Waals surface area contributed by atoms with Crippen LogP contribution in [0.4, 0.5) is 0 Å². The van der Waals surface area contributed by atoms with Gasteiger partial charge in [-0.3, -0.25) is 95.9 Å². The van der Waals surface area contributed by atoms with Crippen LogP contribution in [0.2, 0.25) is 0 Å². The van der Waals surface area contributed by atoms with E-state index in [1.165, 1.54) is 27.9 Å². The van der Waals surface area contributed by atoms with Crippen LogP contribution in [0.25, 0.3) is 0 Å². The molecule has 141 heavy (non-hydrogen) atoms. The Kier molecular flexibility index (Phi) is 63.0. The Morgan fingerprint density at radius 1 is 0.262 bits per heavy atom. The number of hydrogen-bond donors (Lipinski definition) is 10. The summed E-state index contributed by atoms with van der Waals surface area (Å²) in [6.45, 7) is 13.2. The van der Waals surface area contributed by atoms with Crippen molar-refractivity contribution in [2.45, 2.75) is 360 Å². The molecule has 3 rings (SSSR count). The Hall–Kier alpha value is -10.9. The van der Waals surface area contributed by atoms with Crippen molar-refractivity contribution in [1.29, 1.82) is 0 Å². The van der Waals surface area contributed by atoms with E-state index in [2.05, 4.69) is 53.2 Å². The molecule has 0 aromatic heterocycles. The molecule has 0 spiro atoms. The summed E-state index contributed by atoms with van der Waals surface area (Å²) in [6, 6.07) is -3.51. The van der Waals surface area contributed by atoms with E-state index in [1.54, 1.807) is 0 Å². The van der Waals surface area contributed by atoms with Crippen molar-refractivity contribution in [3.8, 4) is 0 Å². The molecule has 0 bridgehead atoms. The van der Waals surface area contributed by atoms with Gasteiger partial charge in [0.1, 0.15) is 56.3 Å². The van der Waals surface area contributed by atoms with Gasteiger partial charge in [0.15, 0.2) is 55.5 Å². The molecule has 48 heteroatoms. The van der Waals surface area contributed by atoms with Gasteiger partial charge in [-0.2, -0.15) is 0 Å². The van der Waals surface area contributed by atoms with E-state index in [0.717, 1.165) is 107 Å². The van der Waals surface area contributed by atoms with E-state index in [0.29, 0.717) is 83.5 Å². The number of nitrogens with one attached hydrogen (secondary N) is 10. The first-order valence-electron chi connectivity index (χ1n) is 48.3. The molecule has 0 radical (unpaired) electrons. The summed E-state index contributed by atoms with van der Waals surface area (Å²) in [5.41, 5.74) is -1.26. The second-order valence-electron chi connectivity index (χ2n) is 34.3. The Bertz CT molecular complexity index is 3590. The standard InChI is InChI=1S/C93H152N10O38/c1-58(104)100-81-87(136-67(10)113)84(133-64(7)110)70(53-130-61(4)107)139-90(81)127-48-27-23-34-74(117)95-43-30-42-94-73(116)33-22-26-41-93(103-79(122)37-20-18-16-14-15-17-19-21-38-80(123)124-13,56-125-51-39-77(120)98-46-31-44-96-75(118)35-24-28-49-128-91-82(101-59(2)105)88(137-68(11)114)85(134-65(8)111)71(140-91)54-131-62(5)108)57-126-52-40-78(121)99-47-32-45-97-76(119)36-25-29-50-129-92-83(102-60(3)106)89(138-69(12)115)86(135-66(9)112)72(141-92)55-132-63(6)109/h70-72,81-92H,14-57H2,1-13H3,(H,94,116)(H,95,117)(H,96,118)(H,97,119)(H,98,120)(H,99,121)(H,100,104)(H,101,105)(H,102,106)(H,103,122)/t70?,71?,72?,81?,82?,83?,84-,85-,86-,87+,88+,89+,90+,91+,92+,93?/m0/s1. The Morgan fingerprint density at radius 3 is 0.780 bits per heavy atom. The summed E-state index contributed by atoms with van der Waals surface area (Å²) in [4.78, 5) is 250. The molecule has 0 aromatic rings. The molecular weight excluding hydrogens is 1870 g/mol. The summed E-state index contributed by atoms with van der Waals surface area (Å²) in [5, 5.41) is 28.0. The van der Waals surface area contributed by atoms with Gasteiger partial charge in [-0.05, 0) is 83.5 Å². The highest BCUT2D eigenvalue weighted by Crippen LogP contribution is 2.33. The summed E-state index contributed by atoms with van der Waals surface area (Å²) in [6.07, 6.45) is -4.13. The van der Waals surface area contributed by atoms with Gasteiger partial charge in [-0.25, -0.2) is 0 Å². The minimum atomic E-state index is -1.31. The van der Waals surface area contributed by atoms with Gasteiger partial charge in [0.25, 0.3) is 0 Å². The molecule has 3 fully saturated rings. The van der Waals surface area contributed by atoms with Crippen molar-refractivity contribution in [2.24, 2.45) is 0 Å². The van der Waals surface area contributed by atoms with Crippen LogP contribution in [-0.4, -0.2) is 329 Å². The van der Waals surface area contributed by atoms with Gasteiger partial charge in [0.05, 0.1) is 39.1 Å². The van der Waals surface area contributed by atoms with Crippen molar-refractivity contribution in [2.75, 3.05) is 112 Å². The topological polar surface area (TPSA) is 628 Å². The fraction of sp³-hybridized carbons (Fsp3) is 0.785. The number of hydrogen-bond acceptors (Lipinski definition) is 38.